The van der Waals surface area contributed by atoms with Crippen LogP contribution in [0, 0.1) is 23.2 Å². The average molecular weight is 327 g/mol. The molecular weight excluding hydrogens is 309 g/mol. The molecule has 0 aromatic carbocycles. The quantitative estimate of drug-likeness (QED) is 0.775. The first-order valence-electron chi connectivity index (χ1n) is 7.61. The third-order valence-corrected chi connectivity index (χ3v) is 5.71. The van der Waals surface area contributed by atoms with E-state index in [4.69, 9.17) is 0 Å². The number of hydrogen-bond acceptors (Lipinski definition) is 4. The first-order chi connectivity index (χ1) is 11.0. The van der Waals surface area contributed by atoms with Crippen molar-refractivity contribution in [3.63, 3.8) is 0 Å². The summed E-state index contributed by atoms with van der Waals surface area (Å²) in [5.41, 5.74) is 1.07. The lowest BCUT2D eigenvalue weighted by Gasteiger charge is -2.47. The molecule has 1 aromatic rings. The summed E-state index contributed by atoms with van der Waals surface area (Å²) in [6, 6.07) is 5.73. The van der Waals surface area contributed by atoms with Gasteiger partial charge in [0.15, 0.2) is 5.78 Å². The number of fused-ring (bicyclic) bond motifs is 1. The fourth-order valence-corrected chi connectivity index (χ4v) is 4.39. The van der Waals surface area contributed by atoms with Crippen molar-refractivity contribution < 1.29 is 9.59 Å². The minimum Gasteiger partial charge on any atom is -0.337 e. The number of aromatic nitrogens is 1. The normalized spacial score (nSPS) is 30.5. The van der Waals surface area contributed by atoms with E-state index in [9.17, 15) is 14.9 Å². The number of likely N-dealkylation sites (tertiary alicyclic amines) is 1. The predicted molar refractivity (Wildman–Crippen MR) is 88.1 cm³/mol. The molecular formula is C17H18N3O2P. The minimum absolute atomic E-state index is 0.0466. The number of allylic oxidation sites excluding steroid dienone is 1. The van der Waals surface area contributed by atoms with Crippen molar-refractivity contribution in [1.82, 2.24) is 9.88 Å². The van der Waals surface area contributed by atoms with E-state index in [1.54, 1.807) is 23.4 Å². The molecule has 0 bridgehead atoms. The van der Waals surface area contributed by atoms with Gasteiger partial charge < -0.3 is 4.90 Å². The molecule has 0 radical (unpaired) electrons. The fraction of sp³-hybridized carbons (Fsp3) is 0.412. The number of piperidine rings is 1. The van der Waals surface area contributed by atoms with Crippen molar-refractivity contribution in [3.8, 4) is 6.07 Å². The molecule has 1 unspecified atom stereocenters. The molecule has 1 aliphatic heterocycles. The summed E-state index contributed by atoms with van der Waals surface area (Å²) in [6.07, 6.45) is 5.75. The zero-order valence-electron chi connectivity index (χ0n) is 12.9. The van der Waals surface area contributed by atoms with Crippen LogP contribution in [0.5, 0.6) is 0 Å². The van der Waals surface area contributed by atoms with Gasteiger partial charge in [-0.25, -0.2) is 0 Å². The van der Waals surface area contributed by atoms with Gasteiger partial charge in [0, 0.05) is 31.4 Å². The predicted octanol–water partition coefficient (Wildman–Crippen LogP) is 1.71. The summed E-state index contributed by atoms with van der Waals surface area (Å²) in [7, 11) is 2.61. The minimum atomic E-state index is -0.862. The van der Waals surface area contributed by atoms with Crippen molar-refractivity contribution in [2.75, 3.05) is 6.54 Å². The van der Waals surface area contributed by atoms with Crippen molar-refractivity contribution >= 4 is 20.9 Å². The van der Waals surface area contributed by atoms with E-state index in [0.717, 1.165) is 12.0 Å². The molecule has 1 amide bonds. The molecule has 4 atom stereocenters. The van der Waals surface area contributed by atoms with Gasteiger partial charge in [0.05, 0.1) is 10.7 Å². The van der Waals surface area contributed by atoms with Crippen molar-refractivity contribution in [2.45, 2.75) is 25.0 Å². The standard InChI is InChI=1S/C17H18N3O2P/c1-11-14-4-6-20(10-12-3-2-5-19-9-12)16(22)17(14,23)7-13(8-18)15(11)21/h2-3,5,7,9,11,14H,4,6,10,23H2,1H3/t11-,14-,17+/m1/s1. The van der Waals surface area contributed by atoms with E-state index >= 15 is 0 Å². The van der Waals surface area contributed by atoms with Gasteiger partial charge in [-0.3, -0.25) is 14.6 Å². The highest BCUT2D eigenvalue weighted by atomic mass is 31.0. The summed E-state index contributed by atoms with van der Waals surface area (Å²) in [4.78, 5) is 31.1. The number of amides is 1. The number of ketones is 1. The van der Waals surface area contributed by atoms with Gasteiger partial charge in [-0.1, -0.05) is 13.0 Å². The van der Waals surface area contributed by atoms with Crippen LogP contribution < -0.4 is 0 Å². The van der Waals surface area contributed by atoms with Crippen LogP contribution in [-0.4, -0.2) is 33.3 Å². The van der Waals surface area contributed by atoms with E-state index in [1.165, 1.54) is 0 Å². The summed E-state index contributed by atoms with van der Waals surface area (Å²) < 4.78 is 0. The van der Waals surface area contributed by atoms with Crippen LogP contribution in [-0.2, 0) is 16.1 Å². The molecule has 0 saturated carbocycles. The molecule has 2 heterocycles. The average Bonchev–Trinajstić information content (AvgIpc) is 2.56. The molecule has 0 N–H and O–H groups in total. The first-order valence-corrected chi connectivity index (χ1v) is 8.19. The summed E-state index contributed by atoms with van der Waals surface area (Å²) >= 11 is 0. The molecule has 1 aliphatic carbocycles. The fourth-order valence-electron chi connectivity index (χ4n) is 3.59. The number of nitriles is 1. The molecule has 5 nitrogen and oxygen atoms in total. The molecule has 6 heteroatoms. The van der Waals surface area contributed by atoms with Crippen molar-refractivity contribution in [2.24, 2.45) is 11.8 Å². The molecule has 1 aromatic heterocycles. The lowest BCUT2D eigenvalue weighted by molar-refractivity contribution is -0.140. The maximum absolute atomic E-state index is 13.0. The lowest BCUT2D eigenvalue weighted by atomic mass is 9.69. The maximum Gasteiger partial charge on any atom is 0.237 e. The van der Waals surface area contributed by atoms with Gasteiger partial charge >= 0.3 is 0 Å². The molecule has 118 valence electrons. The third-order valence-electron chi connectivity index (χ3n) is 4.86. The van der Waals surface area contributed by atoms with Gasteiger partial charge in [0.1, 0.15) is 6.07 Å². The van der Waals surface area contributed by atoms with Crippen LogP contribution in [0.2, 0.25) is 0 Å². The zero-order chi connectivity index (χ0) is 16.6. The van der Waals surface area contributed by atoms with Crippen LogP contribution in [0.25, 0.3) is 0 Å². The van der Waals surface area contributed by atoms with Crippen LogP contribution in [0.3, 0.4) is 0 Å². The number of carbonyl (C=O) groups excluding carboxylic acids is 2. The van der Waals surface area contributed by atoms with E-state index < -0.39 is 5.16 Å². The highest BCUT2D eigenvalue weighted by Crippen LogP contribution is 2.46. The first kappa shape index (κ1) is 15.8. The SMILES string of the molecule is C[C@H]1C(=O)C(C#N)=C[C@@]2(P)C(=O)N(Cc3cccnc3)CC[C@H]12. The van der Waals surface area contributed by atoms with Gasteiger partial charge in [-0.2, -0.15) is 5.26 Å². The van der Waals surface area contributed by atoms with Crippen LogP contribution >= 0.6 is 9.24 Å². The van der Waals surface area contributed by atoms with Crippen LogP contribution in [0.15, 0.2) is 36.2 Å². The highest BCUT2D eigenvalue weighted by molar-refractivity contribution is 7.21. The van der Waals surface area contributed by atoms with E-state index in [0.29, 0.717) is 13.1 Å². The molecule has 2 aliphatic rings. The Morgan fingerprint density at radius 2 is 2.30 bits per heavy atom. The summed E-state index contributed by atoms with van der Waals surface area (Å²) in [6.45, 7) is 2.93. The summed E-state index contributed by atoms with van der Waals surface area (Å²) in [5, 5.41) is 8.33. The summed E-state index contributed by atoms with van der Waals surface area (Å²) in [5.74, 6) is -0.579. The largest absolute Gasteiger partial charge is 0.337 e. The molecule has 0 spiro atoms. The smallest absolute Gasteiger partial charge is 0.237 e. The number of carbonyl (C=O) groups is 2. The third kappa shape index (κ3) is 2.58. The van der Waals surface area contributed by atoms with E-state index in [2.05, 4.69) is 14.2 Å². The Balaban J connectivity index is 1.92. The zero-order valence-corrected chi connectivity index (χ0v) is 14.1. The Kier molecular flexibility index (Phi) is 4.04. The maximum atomic E-state index is 13.0. The van der Waals surface area contributed by atoms with Gasteiger partial charge in [0.25, 0.3) is 0 Å². The number of pyridine rings is 1. The van der Waals surface area contributed by atoms with Crippen molar-refractivity contribution in [1.29, 1.82) is 5.26 Å². The highest BCUT2D eigenvalue weighted by Gasteiger charge is 2.52. The monoisotopic (exact) mass is 327 g/mol. The van der Waals surface area contributed by atoms with Gasteiger partial charge in [0.2, 0.25) is 5.91 Å². The number of Topliss-reactive ketones (excluding diaryl/α,β-unsaturated/α-hetero) is 1. The Morgan fingerprint density at radius 1 is 1.52 bits per heavy atom. The Labute approximate surface area is 137 Å². The van der Waals surface area contributed by atoms with Crippen LogP contribution in [0.1, 0.15) is 18.9 Å². The molecule has 1 fully saturated rings. The number of hydrogen-bond donors (Lipinski definition) is 0. The van der Waals surface area contributed by atoms with Gasteiger partial charge in [-0.05, 0) is 30.0 Å². The van der Waals surface area contributed by atoms with E-state index in [-0.39, 0.29) is 29.1 Å². The molecule has 3 rings (SSSR count). The molecule has 1 saturated heterocycles. The number of nitrogens with zero attached hydrogens (tertiary/aromatic N) is 3. The Hall–Kier alpha value is -2.05. The topological polar surface area (TPSA) is 74.1 Å². The van der Waals surface area contributed by atoms with Crippen LogP contribution in [0.4, 0.5) is 0 Å². The van der Waals surface area contributed by atoms with Gasteiger partial charge in [-0.15, -0.1) is 9.24 Å². The number of rotatable bonds is 2. The second-order valence-corrected chi connectivity index (χ2v) is 7.19. The second kappa shape index (κ2) is 5.86. The second-order valence-electron chi connectivity index (χ2n) is 6.24. The Morgan fingerprint density at radius 3 is 2.96 bits per heavy atom. The molecule has 23 heavy (non-hydrogen) atoms. The Bertz CT molecular complexity index is 725. The lowest BCUT2D eigenvalue weighted by Crippen LogP contribution is -2.58. The van der Waals surface area contributed by atoms with Crippen molar-refractivity contribution in [3.05, 3.63) is 41.7 Å². The van der Waals surface area contributed by atoms with E-state index in [1.807, 2.05) is 25.1 Å².